The zero-order chi connectivity index (χ0) is 13.5. The Morgan fingerprint density at radius 2 is 2.00 bits per heavy atom. The smallest absolute Gasteiger partial charge is 0.0724 e. The summed E-state index contributed by atoms with van der Waals surface area (Å²) in [5, 5.41) is 12.3. The molecule has 1 aromatic heterocycles. The molecule has 1 heterocycles. The Morgan fingerprint density at radius 1 is 1.21 bits per heavy atom. The van der Waals surface area contributed by atoms with Gasteiger partial charge >= 0.3 is 0 Å². The van der Waals surface area contributed by atoms with Crippen LogP contribution in [0, 0.1) is 18.3 Å². The van der Waals surface area contributed by atoms with Gasteiger partial charge in [-0.15, -0.1) is 0 Å². The molecule has 0 bridgehead atoms. The van der Waals surface area contributed by atoms with Gasteiger partial charge in [0, 0.05) is 25.0 Å². The van der Waals surface area contributed by atoms with Gasteiger partial charge in [0.25, 0.3) is 0 Å². The van der Waals surface area contributed by atoms with Crippen molar-refractivity contribution < 1.29 is 0 Å². The van der Waals surface area contributed by atoms with Crippen molar-refractivity contribution in [2.24, 2.45) is 0 Å². The zero-order valence-electron chi connectivity index (χ0n) is 10.9. The predicted octanol–water partition coefficient (Wildman–Crippen LogP) is 2.53. The van der Waals surface area contributed by atoms with Gasteiger partial charge in [0.1, 0.15) is 0 Å². The van der Waals surface area contributed by atoms with Gasteiger partial charge in [-0.05, 0) is 12.5 Å². The summed E-state index contributed by atoms with van der Waals surface area (Å²) < 4.78 is 0. The number of aryl methyl sites for hydroxylation is 1. The van der Waals surface area contributed by atoms with E-state index in [-0.39, 0.29) is 6.04 Å². The molecule has 19 heavy (non-hydrogen) atoms. The standard InChI is InChI=1S/C15H16N4/c1-12-9-18-14(10-17-12)11-19-15(7-8-16)13-5-3-2-4-6-13/h2-6,9-10,15,19H,7,11H2,1H3. The number of aromatic nitrogens is 2. The number of hydrogen-bond acceptors (Lipinski definition) is 4. The molecule has 4 heteroatoms. The minimum atomic E-state index is 0.0225. The van der Waals surface area contributed by atoms with Crippen LogP contribution in [0.5, 0.6) is 0 Å². The molecule has 4 nitrogen and oxygen atoms in total. The lowest BCUT2D eigenvalue weighted by Gasteiger charge is -2.15. The average Bonchev–Trinajstić information content (AvgIpc) is 2.46. The van der Waals surface area contributed by atoms with Gasteiger partial charge < -0.3 is 5.32 Å². The molecule has 0 amide bonds. The molecule has 96 valence electrons. The van der Waals surface area contributed by atoms with Crippen molar-refractivity contribution in [3.63, 3.8) is 0 Å². The highest BCUT2D eigenvalue weighted by Crippen LogP contribution is 2.16. The Bertz CT molecular complexity index is 543. The summed E-state index contributed by atoms with van der Waals surface area (Å²) in [5.74, 6) is 0. The SMILES string of the molecule is Cc1cnc(CNC(CC#N)c2ccccc2)cn1. The van der Waals surface area contributed by atoms with Crippen molar-refractivity contribution in [1.29, 1.82) is 5.26 Å². The van der Waals surface area contributed by atoms with Crippen molar-refractivity contribution in [1.82, 2.24) is 15.3 Å². The molecule has 0 saturated carbocycles. The summed E-state index contributed by atoms with van der Waals surface area (Å²) >= 11 is 0. The first kappa shape index (κ1) is 13.2. The molecule has 1 aromatic carbocycles. The van der Waals surface area contributed by atoms with E-state index in [1.54, 1.807) is 12.4 Å². The van der Waals surface area contributed by atoms with Crippen molar-refractivity contribution in [3.05, 3.63) is 59.7 Å². The summed E-state index contributed by atoms with van der Waals surface area (Å²) in [6.07, 6.45) is 3.94. The number of nitrogens with one attached hydrogen (secondary N) is 1. The lowest BCUT2D eigenvalue weighted by Crippen LogP contribution is -2.21. The number of nitriles is 1. The van der Waals surface area contributed by atoms with Gasteiger partial charge in [-0.3, -0.25) is 9.97 Å². The van der Waals surface area contributed by atoms with Crippen molar-refractivity contribution >= 4 is 0 Å². The summed E-state index contributed by atoms with van der Waals surface area (Å²) in [4.78, 5) is 8.50. The molecular weight excluding hydrogens is 236 g/mol. The Kier molecular flexibility index (Phi) is 4.60. The molecule has 1 atom stereocenters. The Balaban J connectivity index is 2.02. The first-order valence-corrected chi connectivity index (χ1v) is 6.22. The van der Waals surface area contributed by atoms with Crippen LogP contribution in [0.2, 0.25) is 0 Å². The van der Waals surface area contributed by atoms with Crippen LogP contribution < -0.4 is 5.32 Å². The lowest BCUT2D eigenvalue weighted by molar-refractivity contribution is 0.536. The van der Waals surface area contributed by atoms with Crippen LogP contribution in [0.25, 0.3) is 0 Å². The van der Waals surface area contributed by atoms with Gasteiger partial charge in [-0.1, -0.05) is 30.3 Å². The van der Waals surface area contributed by atoms with Crippen LogP contribution in [0.3, 0.4) is 0 Å². The molecule has 0 saturated heterocycles. The van der Waals surface area contributed by atoms with E-state index in [1.807, 2.05) is 37.3 Å². The van der Waals surface area contributed by atoms with E-state index >= 15 is 0 Å². The van der Waals surface area contributed by atoms with E-state index in [0.29, 0.717) is 13.0 Å². The van der Waals surface area contributed by atoms with Crippen molar-refractivity contribution in [2.75, 3.05) is 0 Å². The van der Waals surface area contributed by atoms with Crippen LogP contribution in [-0.4, -0.2) is 9.97 Å². The van der Waals surface area contributed by atoms with Crippen LogP contribution in [0.4, 0.5) is 0 Å². The maximum atomic E-state index is 8.91. The summed E-state index contributed by atoms with van der Waals surface area (Å²) in [6.45, 7) is 2.52. The second-order valence-corrected chi connectivity index (χ2v) is 4.36. The maximum Gasteiger partial charge on any atom is 0.0724 e. The van der Waals surface area contributed by atoms with Crippen LogP contribution in [0.15, 0.2) is 42.7 Å². The molecule has 0 spiro atoms. The van der Waals surface area contributed by atoms with Crippen molar-refractivity contribution in [3.8, 4) is 6.07 Å². The number of nitrogens with zero attached hydrogens (tertiary/aromatic N) is 3. The highest BCUT2D eigenvalue weighted by atomic mass is 14.9. The van der Waals surface area contributed by atoms with Gasteiger partial charge in [0.15, 0.2) is 0 Å². The summed E-state index contributed by atoms with van der Waals surface area (Å²) in [6, 6.07) is 12.2. The number of benzene rings is 1. The third-order valence-electron chi connectivity index (χ3n) is 2.86. The molecule has 0 fully saturated rings. The third kappa shape index (κ3) is 3.87. The van der Waals surface area contributed by atoms with Crippen LogP contribution in [-0.2, 0) is 6.54 Å². The van der Waals surface area contributed by atoms with E-state index in [9.17, 15) is 0 Å². The lowest BCUT2D eigenvalue weighted by atomic mass is 10.0. The largest absolute Gasteiger partial charge is 0.303 e. The zero-order valence-corrected chi connectivity index (χ0v) is 10.9. The highest BCUT2D eigenvalue weighted by molar-refractivity contribution is 5.20. The first-order chi connectivity index (χ1) is 9.29. The van der Waals surface area contributed by atoms with E-state index in [1.165, 1.54) is 0 Å². The van der Waals surface area contributed by atoms with Gasteiger partial charge in [0.2, 0.25) is 0 Å². The fraction of sp³-hybridized carbons (Fsp3) is 0.267. The van der Waals surface area contributed by atoms with Gasteiger partial charge in [-0.2, -0.15) is 5.26 Å². The summed E-state index contributed by atoms with van der Waals surface area (Å²) in [7, 11) is 0. The first-order valence-electron chi connectivity index (χ1n) is 6.22. The highest BCUT2D eigenvalue weighted by Gasteiger charge is 2.10. The van der Waals surface area contributed by atoms with E-state index in [0.717, 1.165) is 17.0 Å². The quantitative estimate of drug-likeness (QED) is 0.888. The average molecular weight is 252 g/mol. The summed E-state index contributed by atoms with van der Waals surface area (Å²) in [5.41, 5.74) is 2.90. The molecule has 2 rings (SSSR count). The van der Waals surface area contributed by atoms with E-state index in [2.05, 4.69) is 21.4 Å². The minimum Gasteiger partial charge on any atom is -0.303 e. The maximum absolute atomic E-state index is 8.91. The van der Waals surface area contributed by atoms with Crippen LogP contribution >= 0.6 is 0 Å². The number of rotatable bonds is 5. The normalized spacial score (nSPS) is 11.8. The fourth-order valence-electron chi connectivity index (χ4n) is 1.82. The molecule has 1 unspecified atom stereocenters. The third-order valence-corrected chi connectivity index (χ3v) is 2.86. The topological polar surface area (TPSA) is 61.6 Å². The molecular formula is C15H16N4. The second-order valence-electron chi connectivity index (χ2n) is 4.36. The molecule has 1 N–H and O–H groups in total. The molecule has 0 aliphatic rings. The Labute approximate surface area is 113 Å². The monoisotopic (exact) mass is 252 g/mol. The molecule has 0 aliphatic heterocycles. The molecule has 0 aliphatic carbocycles. The molecule has 2 aromatic rings. The Hall–Kier alpha value is -2.25. The second kappa shape index (κ2) is 6.62. The van der Waals surface area contributed by atoms with Gasteiger partial charge in [0.05, 0.1) is 23.9 Å². The van der Waals surface area contributed by atoms with Crippen molar-refractivity contribution in [2.45, 2.75) is 25.9 Å². The van der Waals surface area contributed by atoms with E-state index < -0.39 is 0 Å². The minimum absolute atomic E-state index is 0.0225. The van der Waals surface area contributed by atoms with Gasteiger partial charge in [-0.25, -0.2) is 0 Å². The van der Waals surface area contributed by atoms with Crippen LogP contribution in [0.1, 0.15) is 29.4 Å². The molecule has 0 radical (unpaired) electrons. The predicted molar refractivity (Wildman–Crippen MR) is 73.0 cm³/mol. The van der Waals surface area contributed by atoms with E-state index in [4.69, 9.17) is 5.26 Å². The number of hydrogen-bond donors (Lipinski definition) is 1. The fourth-order valence-corrected chi connectivity index (χ4v) is 1.82. The Morgan fingerprint density at radius 3 is 2.63 bits per heavy atom.